The Morgan fingerprint density at radius 2 is 1.70 bits per heavy atom. The highest BCUT2D eigenvalue weighted by atomic mass is 16.5. The first-order valence-corrected chi connectivity index (χ1v) is 9.49. The van der Waals surface area contributed by atoms with Crippen LogP contribution in [0, 0.1) is 0 Å². The van der Waals surface area contributed by atoms with Gasteiger partial charge in [-0.05, 0) is 50.1 Å². The van der Waals surface area contributed by atoms with Crippen molar-refractivity contribution < 1.29 is 9.47 Å². The average molecular weight is 370 g/mol. The largest absolute Gasteiger partial charge is 0.490 e. The van der Waals surface area contributed by atoms with E-state index in [4.69, 9.17) is 9.47 Å². The lowest BCUT2D eigenvalue weighted by molar-refractivity contribution is 0.287. The molecule has 0 amide bonds. The van der Waals surface area contributed by atoms with E-state index in [0.717, 1.165) is 49.1 Å². The Morgan fingerprint density at radius 1 is 0.963 bits per heavy atom. The van der Waals surface area contributed by atoms with E-state index in [2.05, 4.69) is 26.7 Å². The molecule has 0 saturated carbocycles. The molecule has 1 aromatic carbocycles. The topological polar surface area (TPSA) is 67.8 Å². The number of nitrogens with zero attached hydrogens (tertiary/aromatic N) is 2. The Kier molecular flexibility index (Phi) is 8.96. The van der Waals surface area contributed by atoms with Gasteiger partial charge in [-0.2, -0.15) is 0 Å². The van der Waals surface area contributed by atoms with Crippen molar-refractivity contribution in [3.05, 3.63) is 53.9 Å². The SMILES string of the molecule is CCOc1ccc(CCNC(=NC)NCCc2ccccn2)cc1OCC. The fourth-order valence-electron chi connectivity index (χ4n) is 2.65. The van der Waals surface area contributed by atoms with Crippen molar-refractivity contribution >= 4 is 5.96 Å². The lowest BCUT2D eigenvalue weighted by atomic mass is 10.1. The second kappa shape index (κ2) is 11.8. The number of hydrogen-bond donors (Lipinski definition) is 2. The van der Waals surface area contributed by atoms with Gasteiger partial charge in [0.15, 0.2) is 17.5 Å². The number of rotatable bonds is 10. The monoisotopic (exact) mass is 370 g/mol. The Balaban J connectivity index is 1.78. The number of aliphatic imine (C=N–C) groups is 1. The zero-order valence-corrected chi connectivity index (χ0v) is 16.5. The highest BCUT2D eigenvalue weighted by Crippen LogP contribution is 2.28. The molecule has 0 atom stereocenters. The molecule has 0 unspecified atom stereocenters. The molecular formula is C21H30N4O2. The van der Waals surface area contributed by atoms with Crippen LogP contribution >= 0.6 is 0 Å². The molecule has 0 bridgehead atoms. The van der Waals surface area contributed by atoms with E-state index in [0.29, 0.717) is 13.2 Å². The summed E-state index contributed by atoms with van der Waals surface area (Å²) in [5, 5.41) is 6.66. The summed E-state index contributed by atoms with van der Waals surface area (Å²) in [6, 6.07) is 12.1. The van der Waals surface area contributed by atoms with E-state index in [1.807, 2.05) is 50.4 Å². The van der Waals surface area contributed by atoms with Gasteiger partial charge >= 0.3 is 0 Å². The smallest absolute Gasteiger partial charge is 0.190 e. The summed E-state index contributed by atoms with van der Waals surface area (Å²) in [7, 11) is 1.78. The van der Waals surface area contributed by atoms with E-state index < -0.39 is 0 Å². The van der Waals surface area contributed by atoms with Crippen LogP contribution in [0.4, 0.5) is 0 Å². The van der Waals surface area contributed by atoms with Crippen LogP contribution in [0.25, 0.3) is 0 Å². The molecular weight excluding hydrogens is 340 g/mol. The second-order valence-electron chi connectivity index (χ2n) is 5.89. The molecule has 0 aliphatic rings. The van der Waals surface area contributed by atoms with Crippen LogP contribution in [-0.2, 0) is 12.8 Å². The second-order valence-corrected chi connectivity index (χ2v) is 5.89. The zero-order chi connectivity index (χ0) is 19.3. The lowest BCUT2D eigenvalue weighted by Crippen LogP contribution is -2.39. The third kappa shape index (κ3) is 7.17. The number of nitrogens with one attached hydrogen (secondary N) is 2. The predicted octanol–water partition coefficient (Wildman–Crippen LogP) is 2.83. The molecule has 1 heterocycles. The normalized spacial score (nSPS) is 11.1. The molecule has 2 N–H and O–H groups in total. The molecule has 0 aliphatic carbocycles. The minimum absolute atomic E-state index is 0.620. The van der Waals surface area contributed by atoms with Crippen LogP contribution < -0.4 is 20.1 Å². The van der Waals surface area contributed by atoms with Gasteiger partial charge in [0, 0.05) is 38.4 Å². The van der Waals surface area contributed by atoms with Gasteiger partial charge < -0.3 is 20.1 Å². The zero-order valence-electron chi connectivity index (χ0n) is 16.5. The summed E-state index contributed by atoms with van der Waals surface area (Å²) in [6.07, 6.45) is 3.54. The van der Waals surface area contributed by atoms with Gasteiger partial charge in [0.2, 0.25) is 0 Å². The van der Waals surface area contributed by atoms with Crippen molar-refractivity contribution in [3.8, 4) is 11.5 Å². The summed E-state index contributed by atoms with van der Waals surface area (Å²) >= 11 is 0. The standard InChI is InChI=1S/C21H30N4O2/c1-4-26-19-10-9-17(16-20(19)27-5-2)11-14-24-21(22-3)25-15-12-18-8-6-7-13-23-18/h6-10,13,16H,4-5,11-12,14-15H2,1-3H3,(H2,22,24,25). The number of aromatic nitrogens is 1. The molecule has 0 fully saturated rings. The molecule has 146 valence electrons. The van der Waals surface area contributed by atoms with Crippen molar-refractivity contribution in [2.45, 2.75) is 26.7 Å². The number of guanidine groups is 1. The van der Waals surface area contributed by atoms with Gasteiger partial charge in [-0.1, -0.05) is 12.1 Å². The number of ether oxygens (including phenoxy) is 2. The van der Waals surface area contributed by atoms with Crippen molar-refractivity contribution in [2.24, 2.45) is 4.99 Å². The Hall–Kier alpha value is -2.76. The van der Waals surface area contributed by atoms with Crippen molar-refractivity contribution in [1.29, 1.82) is 0 Å². The predicted molar refractivity (Wildman–Crippen MR) is 110 cm³/mol. The molecule has 1 aromatic heterocycles. The number of benzene rings is 1. The van der Waals surface area contributed by atoms with Crippen molar-refractivity contribution in [3.63, 3.8) is 0 Å². The van der Waals surface area contributed by atoms with Gasteiger partial charge in [-0.15, -0.1) is 0 Å². The van der Waals surface area contributed by atoms with E-state index >= 15 is 0 Å². The minimum atomic E-state index is 0.620. The van der Waals surface area contributed by atoms with Gasteiger partial charge in [0.1, 0.15) is 0 Å². The Bertz CT molecular complexity index is 705. The summed E-state index contributed by atoms with van der Waals surface area (Å²) in [5.41, 5.74) is 2.26. The Morgan fingerprint density at radius 3 is 2.37 bits per heavy atom. The maximum Gasteiger partial charge on any atom is 0.190 e. The molecule has 0 spiro atoms. The van der Waals surface area contributed by atoms with Gasteiger partial charge in [0.25, 0.3) is 0 Å². The van der Waals surface area contributed by atoms with Crippen molar-refractivity contribution in [1.82, 2.24) is 15.6 Å². The lowest BCUT2D eigenvalue weighted by Gasteiger charge is -2.14. The van der Waals surface area contributed by atoms with Crippen LogP contribution in [0.3, 0.4) is 0 Å². The van der Waals surface area contributed by atoms with E-state index in [-0.39, 0.29) is 0 Å². The molecule has 0 aliphatic heterocycles. The first-order valence-electron chi connectivity index (χ1n) is 9.49. The van der Waals surface area contributed by atoms with E-state index in [9.17, 15) is 0 Å². The number of pyridine rings is 1. The molecule has 0 radical (unpaired) electrons. The summed E-state index contributed by atoms with van der Waals surface area (Å²) < 4.78 is 11.3. The molecule has 0 saturated heterocycles. The quantitative estimate of drug-likeness (QED) is 0.497. The molecule has 2 rings (SSSR count). The van der Waals surface area contributed by atoms with Crippen LogP contribution in [0.2, 0.25) is 0 Å². The fourth-order valence-corrected chi connectivity index (χ4v) is 2.65. The summed E-state index contributed by atoms with van der Waals surface area (Å²) in [6.45, 7) is 6.76. The van der Waals surface area contributed by atoms with Crippen LogP contribution in [-0.4, -0.2) is 44.3 Å². The minimum Gasteiger partial charge on any atom is -0.490 e. The fraction of sp³-hybridized carbons (Fsp3) is 0.429. The maximum atomic E-state index is 5.69. The van der Waals surface area contributed by atoms with Crippen LogP contribution in [0.15, 0.2) is 47.6 Å². The number of hydrogen-bond acceptors (Lipinski definition) is 4. The van der Waals surface area contributed by atoms with Gasteiger partial charge in [-0.3, -0.25) is 9.98 Å². The first-order chi connectivity index (χ1) is 13.3. The highest BCUT2D eigenvalue weighted by Gasteiger charge is 2.06. The van der Waals surface area contributed by atoms with Crippen molar-refractivity contribution in [2.75, 3.05) is 33.4 Å². The molecule has 27 heavy (non-hydrogen) atoms. The Labute approximate surface area is 162 Å². The average Bonchev–Trinajstić information content (AvgIpc) is 2.70. The van der Waals surface area contributed by atoms with Gasteiger partial charge in [0.05, 0.1) is 13.2 Å². The summed E-state index contributed by atoms with van der Waals surface area (Å²) in [5.74, 6) is 2.39. The van der Waals surface area contributed by atoms with Gasteiger partial charge in [-0.25, -0.2) is 0 Å². The summed E-state index contributed by atoms with van der Waals surface area (Å²) in [4.78, 5) is 8.59. The molecule has 2 aromatic rings. The maximum absolute atomic E-state index is 5.69. The van der Waals surface area contributed by atoms with E-state index in [1.54, 1.807) is 7.05 Å². The highest BCUT2D eigenvalue weighted by molar-refractivity contribution is 5.79. The van der Waals surface area contributed by atoms with Crippen LogP contribution in [0.1, 0.15) is 25.1 Å². The third-order valence-electron chi connectivity index (χ3n) is 3.94. The van der Waals surface area contributed by atoms with Crippen LogP contribution in [0.5, 0.6) is 11.5 Å². The first kappa shape index (κ1) is 20.6. The molecule has 6 heteroatoms. The van der Waals surface area contributed by atoms with E-state index in [1.165, 1.54) is 5.56 Å². The third-order valence-corrected chi connectivity index (χ3v) is 3.94. The molecule has 6 nitrogen and oxygen atoms in total.